The van der Waals surface area contributed by atoms with Crippen LogP contribution >= 0.6 is 0 Å². The molecule has 25 heavy (non-hydrogen) atoms. The smallest absolute Gasteiger partial charge is 0.413 e. The van der Waals surface area contributed by atoms with Crippen LogP contribution in [0.4, 0.5) is 27.7 Å². The minimum atomic E-state index is -0.565. The standard InChI is InChI=1S/C18H22N4O3/c1-12(23)20-13-6-5-7-14(10-13)21-15-8-9-16(19-11-15)22-17(24)25-18(2,3)4/h5-11,21H,1-4H3,(H,20,23)(H,19,22,24). The van der Waals surface area contributed by atoms with Gasteiger partial charge in [-0.2, -0.15) is 0 Å². The third-order valence-corrected chi connectivity index (χ3v) is 2.86. The Labute approximate surface area is 146 Å². The summed E-state index contributed by atoms with van der Waals surface area (Å²) in [4.78, 5) is 27.0. The first-order chi connectivity index (χ1) is 11.7. The molecule has 0 aliphatic carbocycles. The molecule has 0 spiro atoms. The number of aromatic nitrogens is 1. The first kappa shape index (κ1) is 18.3. The van der Waals surface area contributed by atoms with Crippen molar-refractivity contribution in [3.8, 4) is 0 Å². The van der Waals surface area contributed by atoms with Gasteiger partial charge < -0.3 is 15.4 Å². The number of hydrogen-bond acceptors (Lipinski definition) is 5. The van der Waals surface area contributed by atoms with E-state index in [4.69, 9.17) is 4.74 Å². The van der Waals surface area contributed by atoms with E-state index in [1.807, 2.05) is 18.2 Å². The minimum Gasteiger partial charge on any atom is -0.444 e. The lowest BCUT2D eigenvalue weighted by atomic mass is 10.2. The second-order valence-electron chi connectivity index (χ2n) is 6.45. The Morgan fingerprint density at radius 3 is 2.32 bits per heavy atom. The van der Waals surface area contributed by atoms with Gasteiger partial charge in [-0.25, -0.2) is 9.78 Å². The molecular weight excluding hydrogens is 320 g/mol. The molecule has 2 aromatic rings. The third-order valence-electron chi connectivity index (χ3n) is 2.86. The van der Waals surface area contributed by atoms with Gasteiger partial charge in [0.25, 0.3) is 0 Å². The van der Waals surface area contributed by atoms with Crippen molar-refractivity contribution < 1.29 is 14.3 Å². The lowest BCUT2D eigenvalue weighted by Crippen LogP contribution is -2.27. The predicted molar refractivity (Wildman–Crippen MR) is 98.1 cm³/mol. The minimum absolute atomic E-state index is 0.128. The summed E-state index contributed by atoms with van der Waals surface area (Å²) in [6, 6.07) is 10.8. The van der Waals surface area contributed by atoms with Crippen LogP contribution in [-0.4, -0.2) is 22.6 Å². The fourth-order valence-electron chi connectivity index (χ4n) is 1.99. The van der Waals surface area contributed by atoms with Crippen LogP contribution in [0.5, 0.6) is 0 Å². The van der Waals surface area contributed by atoms with Crippen molar-refractivity contribution in [2.75, 3.05) is 16.0 Å². The SMILES string of the molecule is CC(=O)Nc1cccc(Nc2ccc(NC(=O)OC(C)(C)C)nc2)c1. The van der Waals surface area contributed by atoms with Crippen molar-refractivity contribution in [2.24, 2.45) is 0 Å². The third kappa shape index (κ3) is 6.50. The number of nitrogens with zero attached hydrogens (tertiary/aromatic N) is 1. The molecule has 1 aromatic heterocycles. The van der Waals surface area contributed by atoms with Crippen molar-refractivity contribution in [3.63, 3.8) is 0 Å². The van der Waals surface area contributed by atoms with E-state index in [9.17, 15) is 9.59 Å². The number of rotatable bonds is 4. The van der Waals surface area contributed by atoms with Gasteiger partial charge in [-0.05, 0) is 51.1 Å². The van der Waals surface area contributed by atoms with Crippen molar-refractivity contribution in [1.82, 2.24) is 4.98 Å². The molecule has 0 saturated heterocycles. The van der Waals surface area contributed by atoms with E-state index in [2.05, 4.69) is 20.9 Å². The number of carbonyl (C=O) groups is 2. The highest BCUT2D eigenvalue weighted by Gasteiger charge is 2.16. The summed E-state index contributed by atoms with van der Waals surface area (Å²) in [5, 5.41) is 8.48. The van der Waals surface area contributed by atoms with Crippen molar-refractivity contribution in [3.05, 3.63) is 42.6 Å². The molecule has 0 unspecified atom stereocenters. The van der Waals surface area contributed by atoms with Crippen molar-refractivity contribution >= 4 is 34.9 Å². The zero-order valence-electron chi connectivity index (χ0n) is 14.7. The number of pyridine rings is 1. The molecule has 7 nitrogen and oxygen atoms in total. The molecule has 0 radical (unpaired) electrons. The second kappa shape index (κ2) is 7.65. The number of amides is 2. The quantitative estimate of drug-likeness (QED) is 0.777. The van der Waals surface area contributed by atoms with Crippen molar-refractivity contribution in [2.45, 2.75) is 33.3 Å². The molecule has 0 fully saturated rings. The first-order valence-corrected chi connectivity index (χ1v) is 7.82. The zero-order chi connectivity index (χ0) is 18.4. The maximum absolute atomic E-state index is 11.7. The van der Waals surface area contributed by atoms with Crippen LogP contribution in [0.15, 0.2) is 42.6 Å². The summed E-state index contributed by atoms with van der Waals surface area (Å²) < 4.78 is 5.17. The van der Waals surface area contributed by atoms with E-state index in [0.717, 1.165) is 11.4 Å². The Kier molecular flexibility index (Phi) is 5.59. The van der Waals surface area contributed by atoms with Gasteiger partial charge in [0.2, 0.25) is 5.91 Å². The Balaban J connectivity index is 1.98. The maximum Gasteiger partial charge on any atom is 0.413 e. The fourth-order valence-corrected chi connectivity index (χ4v) is 1.99. The first-order valence-electron chi connectivity index (χ1n) is 7.82. The van der Waals surface area contributed by atoms with Gasteiger partial charge in [0.15, 0.2) is 0 Å². The molecule has 0 aliphatic rings. The second-order valence-corrected chi connectivity index (χ2v) is 6.45. The highest BCUT2D eigenvalue weighted by Crippen LogP contribution is 2.20. The van der Waals surface area contributed by atoms with Gasteiger partial charge in [0, 0.05) is 18.3 Å². The molecule has 7 heteroatoms. The average molecular weight is 342 g/mol. The normalized spacial score (nSPS) is 10.7. The zero-order valence-corrected chi connectivity index (χ0v) is 14.7. The van der Waals surface area contributed by atoms with Crippen LogP contribution < -0.4 is 16.0 Å². The predicted octanol–water partition coefficient (Wildman–Crippen LogP) is 4.13. The topological polar surface area (TPSA) is 92.4 Å². The number of carbonyl (C=O) groups excluding carboxylic acids is 2. The van der Waals surface area contributed by atoms with E-state index in [1.165, 1.54) is 6.92 Å². The van der Waals surface area contributed by atoms with Crippen LogP contribution in [0.1, 0.15) is 27.7 Å². The Hall–Kier alpha value is -3.09. The van der Waals surface area contributed by atoms with Gasteiger partial charge in [-0.1, -0.05) is 6.07 Å². The molecule has 1 heterocycles. The number of anilines is 4. The monoisotopic (exact) mass is 342 g/mol. The summed E-state index contributed by atoms with van der Waals surface area (Å²) in [5.74, 6) is 0.267. The maximum atomic E-state index is 11.7. The van der Waals surface area contributed by atoms with Crippen LogP contribution in [0.2, 0.25) is 0 Å². The lowest BCUT2D eigenvalue weighted by molar-refractivity contribution is -0.114. The van der Waals surface area contributed by atoms with Crippen LogP contribution in [0.3, 0.4) is 0 Å². The average Bonchev–Trinajstić information content (AvgIpc) is 2.47. The van der Waals surface area contributed by atoms with Gasteiger partial charge in [-0.3, -0.25) is 10.1 Å². The van der Waals surface area contributed by atoms with Crippen LogP contribution in [-0.2, 0) is 9.53 Å². The van der Waals surface area contributed by atoms with E-state index >= 15 is 0 Å². The van der Waals surface area contributed by atoms with Crippen LogP contribution in [0.25, 0.3) is 0 Å². The van der Waals surface area contributed by atoms with E-state index in [0.29, 0.717) is 11.5 Å². The molecule has 2 amide bonds. The highest BCUT2D eigenvalue weighted by molar-refractivity contribution is 5.89. The van der Waals surface area contributed by atoms with Crippen molar-refractivity contribution in [1.29, 1.82) is 0 Å². The van der Waals surface area contributed by atoms with E-state index in [-0.39, 0.29) is 5.91 Å². The summed E-state index contributed by atoms with van der Waals surface area (Å²) in [6.07, 6.45) is 1.04. The number of nitrogens with one attached hydrogen (secondary N) is 3. The summed E-state index contributed by atoms with van der Waals surface area (Å²) in [5.41, 5.74) is 1.69. The summed E-state index contributed by atoms with van der Waals surface area (Å²) >= 11 is 0. The molecule has 0 aliphatic heterocycles. The Morgan fingerprint density at radius 1 is 1.00 bits per heavy atom. The molecule has 3 N–H and O–H groups in total. The number of hydrogen-bond donors (Lipinski definition) is 3. The lowest BCUT2D eigenvalue weighted by Gasteiger charge is -2.19. The summed E-state index contributed by atoms with van der Waals surface area (Å²) in [6.45, 7) is 6.84. The largest absolute Gasteiger partial charge is 0.444 e. The molecule has 132 valence electrons. The summed E-state index contributed by atoms with van der Waals surface area (Å²) in [7, 11) is 0. The molecule has 1 aromatic carbocycles. The van der Waals surface area contributed by atoms with Gasteiger partial charge >= 0.3 is 6.09 Å². The molecule has 0 bridgehead atoms. The van der Waals surface area contributed by atoms with Gasteiger partial charge in [0.05, 0.1) is 11.9 Å². The Morgan fingerprint density at radius 2 is 1.72 bits per heavy atom. The number of ether oxygens (including phenoxy) is 1. The number of benzene rings is 1. The van der Waals surface area contributed by atoms with E-state index < -0.39 is 11.7 Å². The molecule has 0 atom stereocenters. The van der Waals surface area contributed by atoms with Gasteiger partial charge in [-0.15, -0.1) is 0 Å². The fraction of sp³-hybridized carbons (Fsp3) is 0.278. The molecule has 2 rings (SSSR count). The molecule has 0 saturated carbocycles. The highest BCUT2D eigenvalue weighted by atomic mass is 16.6. The van der Waals surface area contributed by atoms with E-state index in [1.54, 1.807) is 45.2 Å². The van der Waals surface area contributed by atoms with Crippen LogP contribution in [0, 0.1) is 0 Å². The Bertz CT molecular complexity index is 752. The van der Waals surface area contributed by atoms with Gasteiger partial charge in [0.1, 0.15) is 11.4 Å². The molecular formula is C18H22N4O3.